The number of rotatable bonds is 5. The van der Waals surface area contributed by atoms with Crippen molar-refractivity contribution < 1.29 is 8.42 Å². The minimum atomic E-state index is -3.44. The molecule has 0 spiro atoms. The van der Waals surface area contributed by atoms with Gasteiger partial charge in [0.1, 0.15) is 0 Å². The molecule has 23 heavy (non-hydrogen) atoms. The van der Waals surface area contributed by atoms with Crippen LogP contribution in [0.5, 0.6) is 0 Å². The average molecular weight is 356 g/mol. The van der Waals surface area contributed by atoms with Crippen LogP contribution in [0.3, 0.4) is 0 Å². The second-order valence-electron chi connectivity index (χ2n) is 7.45. The van der Waals surface area contributed by atoms with Gasteiger partial charge in [-0.25, -0.2) is 13.1 Å². The molecule has 3 nitrogen and oxygen atoms in total. The maximum absolute atomic E-state index is 12.5. The van der Waals surface area contributed by atoms with E-state index in [1.807, 2.05) is 0 Å². The lowest BCUT2D eigenvalue weighted by Gasteiger charge is -2.50. The SMILES string of the molecule is CC1CCC(C2(CNS(=O)(=O)c3ccc(Cl)cc3)CCC2)CC1. The van der Waals surface area contributed by atoms with Crippen LogP contribution in [0, 0.1) is 17.3 Å². The first-order valence-corrected chi connectivity index (χ1v) is 10.5. The van der Waals surface area contributed by atoms with Crippen LogP contribution in [0.2, 0.25) is 5.02 Å². The van der Waals surface area contributed by atoms with Gasteiger partial charge in [0, 0.05) is 11.6 Å². The summed E-state index contributed by atoms with van der Waals surface area (Å²) in [6, 6.07) is 6.39. The quantitative estimate of drug-likeness (QED) is 0.837. The van der Waals surface area contributed by atoms with Crippen molar-refractivity contribution in [1.29, 1.82) is 0 Å². The summed E-state index contributed by atoms with van der Waals surface area (Å²) in [4.78, 5) is 0.300. The summed E-state index contributed by atoms with van der Waals surface area (Å²) in [5.41, 5.74) is 0.194. The van der Waals surface area contributed by atoms with E-state index in [0.717, 1.165) is 18.8 Å². The summed E-state index contributed by atoms with van der Waals surface area (Å²) in [5.74, 6) is 1.51. The Morgan fingerprint density at radius 2 is 1.74 bits per heavy atom. The van der Waals surface area contributed by atoms with E-state index < -0.39 is 10.0 Å². The molecule has 0 unspecified atom stereocenters. The summed E-state index contributed by atoms with van der Waals surface area (Å²) in [5, 5.41) is 0.552. The molecular weight excluding hydrogens is 330 g/mol. The third-order valence-corrected chi connectivity index (χ3v) is 7.64. The molecular formula is C18H26ClNO2S. The lowest BCUT2D eigenvalue weighted by Crippen LogP contribution is -2.48. The average Bonchev–Trinajstić information content (AvgIpc) is 2.48. The molecule has 0 aliphatic heterocycles. The topological polar surface area (TPSA) is 46.2 Å². The van der Waals surface area contributed by atoms with Crippen LogP contribution in [-0.2, 0) is 10.0 Å². The Morgan fingerprint density at radius 1 is 1.13 bits per heavy atom. The minimum Gasteiger partial charge on any atom is -0.211 e. The molecule has 2 fully saturated rings. The van der Waals surface area contributed by atoms with E-state index in [1.165, 1.54) is 32.1 Å². The smallest absolute Gasteiger partial charge is 0.211 e. The van der Waals surface area contributed by atoms with Crippen LogP contribution in [0.4, 0.5) is 0 Å². The Morgan fingerprint density at radius 3 is 2.26 bits per heavy atom. The molecule has 2 aliphatic rings. The van der Waals surface area contributed by atoms with Crippen molar-refractivity contribution >= 4 is 21.6 Å². The van der Waals surface area contributed by atoms with Crippen LogP contribution >= 0.6 is 11.6 Å². The van der Waals surface area contributed by atoms with Crippen molar-refractivity contribution in [2.75, 3.05) is 6.54 Å². The molecule has 5 heteroatoms. The zero-order chi connectivity index (χ0) is 16.5. The predicted octanol–water partition coefficient (Wildman–Crippen LogP) is 4.61. The fourth-order valence-electron chi connectivity index (χ4n) is 4.17. The fourth-order valence-corrected chi connectivity index (χ4v) is 5.43. The molecule has 2 saturated carbocycles. The second kappa shape index (κ2) is 6.73. The molecule has 0 heterocycles. The van der Waals surface area contributed by atoms with Gasteiger partial charge in [-0.2, -0.15) is 0 Å². The van der Waals surface area contributed by atoms with Gasteiger partial charge in [0.25, 0.3) is 0 Å². The van der Waals surface area contributed by atoms with Crippen molar-refractivity contribution in [2.24, 2.45) is 17.3 Å². The zero-order valence-corrected chi connectivity index (χ0v) is 15.3. The zero-order valence-electron chi connectivity index (χ0n) is 13.7. The van der Waals surface area contributed by atoms with Crippen LogP contribution in [0.25, 0.3) is 0 Å². The number of hydrogen-bond acceptors (Lipinski definition) is 2. The van der Waals surface area contributed by atoms with E-state index in [9.17, 15) is 8.42 Å². The van der Waals surface area contributed by atoms with Crippen LogP contribution in [-0.4, -0.2) is 15.0 Å². The predicted molar refractivity (Wildman–Crippen MR) is 94.0 cm³/mol. The molecule has 0 radical (unpaired) electrons. The normalized spacial score (nSPS) is 27.4. The third kappa shape index (κ3) is 3.75. The Balaban J connectivity index is 1.67. The molecule has 0 bridgehead atoms. The Labute approximate surface area is 144 Å². The van der Waals surface area contributed by atoms with Gasteiger partial charge in [-0.1, -0.05) is 37.8 Å². The van der Waals surface area contributed by atoms with Crippen molar-refractivity contribution in [1.82, 2.24) is 4.72 Å². The first-order chi connectivity index (χ1) is 10.9. The third-order valence-electron chi connectivity index (χ3n) is 5.97. The highest BCUT2D eigenvalue weighted by molar-refractivity contribution is 7.89. The lowest BCUT2D eigenvalue weighted by atomic mass is 9.57. The molecule has 2 aliphatic carbocycles. The maximum atomic E-state index is 12.5. The highest BCUT2D eigenvalue weighted by Crippen LogP contribution is 2.52. The maximum Gasteiger partial charge on any atom is 0.240 e. The number of halogens is 1. The van der Waals surface area contributed by atoms with Gasteiger partial charge in [0.2, 0.25) is 10.0 Å². The summed E-state index contributed by atoms with van der Waals surface area (Å²) in [6.07, 6.45) is 8.64. The molecule has 128 valence electrons. The molecule has 0 aromatic heterocycles. The summed E-state index contributed by atoms with van der Waals surface area (Å²) >= 11 is 5.84. The van der Waals surface area contributed by atoms with Crippen molar-refractivity contribution in [2.45, 2.75) is 56.8 Å². The number of sulfonamides is 1. The van der Waals surface area contributed by atoms with E-state index in [4.69, 9.17) is 11.6 Å². The highest BCUT2D eigenvalue weighted by atomic mass is 35.5. The molecule has 0 amide bonds. The monoisotopic (exact) mass is 355 g/mol. The standard InChI is InChI=1S/C18H26ClNO2S/c1-14-3-5-15(6-4-14)18(11-2-12-18)13-20-23(21,22)17-9-7-16(19)8-10-17/h7-10,14-15,20H,2-6,11-13H2,1H3. The van der Waals surface area contributed by atoms with Crippen LogP contribution in [0.1, 0.15) is 51.9 Å². The Hall–Kier alpha value is -0.580. The minimum absolute atomic E-state index is 0.194. The number of nitrogens with one attached hydrogen (secondary N) is 1. The van der Waals surface area contributed by atoms with Gasteiger partial charge >= 0.3 is 0 Å². The van der Waals surface area contributed by atoms with Gasteiger partial charge in [-0.3, -0.25) is 0 Å². The largest absolute Gasteiger partial charge is 0.240 e. The van der Waals surface area contributed by atoms with Crippen molar-refractivity contribution in [3.8, 4) is 0 Å². The molecule has 1 aromatic rings. The van der Waals surface area contributed by atoms with E-state index in [2.05, 4.69) is 11.6 Å². The van der Waals surface area contributed by atoms with Crippen LogP contribution in [0.15, 0.2) is 29.2 Å². The first-order valence-electron chi connectivity index (χ1n) is 8.67. The van der Waals surface area contributed by atoms with Gasteiger partial charge in [-0.05, 0) is 67.2 Å². The van der Waals surface area contributed by atoms with Gasteiger partial charge in [-0.15, -0.1) is 0 Å². The molecule has 0 saturated heterocycles. The van der Waals surface area contributed by atoms with E-state index in [-0.39, 0.29) is 5.41 Å². The molecule has 1 N–H and O–H groups in total. The number of benzene rings is 1. The van der Waals surface area contributed by atoms with Gasteiger partial charge in [0.15, 0.2) is 0 Å². The Kier molecular flexibility index (Phi) is 5.05. The highest BCUT2D eigenvalue weighted by Gasteiger charge is 2.45. The summed E-state index contributed by atoms with van der Waals surface area (Å²) in [6.45, 7) is 2.91. The molecule has 3 rings (SSSR count). The fraction of sp³-hybridized carbons (Fsp3) is 0.667. The van der Waals surface area contributed by atoms with E-state index in [0.29, 0.717) is 22.4 Å². The second-order valence-corrected chi connectivity index (χ2v) is 9.65. The van der Waals surface area contributed by atoms with E-state index >= 15 is 0 Å². The van der Waals surface area contributed by atoms with Crippen molar-refractivity contribution in [3.63, 3.8) is 0 Å². The van der Waals surface area contributed by atoms with Crippen molar-refractivity contribution in [3.05, 3.63) is 29.3 Å². The molecule has 1 aromatic carbocycles. The molecule has 0 atom stereocenters. The Bertz CT molecular complexity index is 629. The first kappa shape index (κ1) is 17.2. The number of hydrogen-bond donors (Lipinski definition) is 1. The lowest BCUT2D eigenvalue weighted by molar-refractivity contribution is 0.0237. The summed E-state index contributed by atoms with van der Waals surface area (Å²) in [7, 11) is -3.44. The van der Waals surface area contributed by atoms with Gasteiger partial charge < -0.3 is 0 Å². The van der Waals surface area contributed by atoms with Gasteiger partial charge in [0.05, 0.1) is 4.90 Å². The summed E-state index contributed by atoms with van der Waals surface area (Å²) < 4.78 is 27.9. The van der Waals surface area contributed by atoms with E-state index in [1.54, 1.807) is 24.3 Å². The van der Waals surface area contributed by atoms with Crippen LogP contribution < -0.4 is 4.72 Å².